The molecule has 0 radical (unpaired) electrons. The number of rotatable bonds is 78. The molecule has 0 aromatic heterocycles. The van der Waals surface area contributed by atoms with Crippen molar-refractivity contribution in [2.24, 2.45) is 17.8 Å². The fourth-order valence-corrected chi connectivity index (χ4v) is 13.8. The molecule has 3 N–H and O–H groups in total. The molecule has 0 bridgehead atoms. The van der Waals surface area contributed by atoms with Gasteiger partial charge < -0.3 is 33.8 Å². The quantitative estimate of drug-likeness (QED) is 0.0222. The van der Waals surface area contributed by atoms with Crippen molar-refractivity contribution in [1.82, 2.24) is 0 Å². The number of aliphatic hydroxyl groups is 1. The van der Waals surface area contributed by atoms with Crippen molar-refractivity contribution in [1.29, 1.82) is 0 Å². The van der Waals surface area contributed by atoms with Gasteiger partial charge in [-0.05, 0) is 43.4 Å². The summed E-state index contributed by atoms with van der Waals surface area (Å²) < 4.78 is 68.7. The third-order valence-corrected chi connectivity index (χ3v) is 21.3. The molecule has 0 aliphatic carbocycles. The lowest BCUT2D eigenvalue weighted by Gasteiger charge is -2.21. The zero-order valence-electron chi connectivity index (χ0n) is 65.0. The molecule has 17 nitrogen and oxygen atoms in total. The molecule has 0 saturated carbocycles. The zero-order valence-corrected chi connectivity index (χ0v) is 66.8. The van der Waals surface area contributed by atoms with Gasteiger partial charge in [0.05, 0.1) is 26.4 Å². The lowest BCUT2D eigenvalue weighted by molar-refractivity contribution is -0.161. The summed E-state index contributed by atoms with van der Waals surface area (Å²) in [6.07, 6.45) is 58.2. The van der Waals surface area contributed by atoms with E-state index in [4.69, 9.17) is 37.0 Å². The van der Waals surface area contributed by atoms with E-state index in [0.29, 0.717) is 25.7 Å². The van der Waals surface area contributed by atoms with Crippen LogP contribution in [0.4, 0.5) is 0 Å². The van der Waals surface area contributed by atoms with E-state index in [1.165, 1.54) is 225 Å². The highest BCUT2D eigenvalue weighted by Crippen LogP contribution is 2.45. The molecule has 0 saturated heterocycles. The summed E-state index contributed by atoms with van der Waals surface area (Å²) >= 11 is 0. The summed E-state index contributed by atoms with van der Waals surface area (Å²) in [5, 5.41) is 10.6. The lowest BCUT2D eigenvalue weighted by atomic mass is 9.99. The SMILES string of the molecule is CCCCCCCCCCCCCCCCC(=O)OC[C@H](COP(=O)(O)OC[C@@H](O)COP(=O)(O)OC[C@@H](COC(=O)CCCCCCCCCCC(C)CC)OC(=O)CCCCCCCCCCC(C)CC)OC(=O)CCCCCCCCCCCCCCCCCCCCC(C)C. The predicted octanol–water partition coefficient (Wildman–Crippen LogP) is 23.7. The fourth-order valence-electron chi connectivity index (χ4n) is 12.2. The maximum Gasteiger partial charge on any atom is 0.472 e. The van der Waals surface area contributed by atoms with E-state index in [-0.39, 0.29) is 25.7 Å². The van der Waals surface area contributed by atoms with Crippen LogP contribution >= 0.6 is 15.6 Å². The van der Waals surface area contributed by atoms with E-state index in [2.05, 4.69) is 48.5 Å². The number of phosphoric ester groups is 2. The van der Waals surface area contributed by atoms with Crippen LogP contribution in [0.1, 0.15) is 414 Å². The second-order valence-electron chi connectivity index (χ2n) is 29.8. The largest absolute Gasteiger partial charge is 0.472 e. The summed E-state index contributed by atoms with van der Waals surface area (Å²) in [5.74, 6) is 0.254. The van der Waals surface area contributed by atoms with Gasteiger partial charge in [0.1, 0.15) is 19.3 Å². The molecule has 0 aromatic carbocycles. The third-order valence-electron chi connectivity index (χ3n) is 19.4. The number of carbonyl (C=O) groups is 4. The first-order valence-corrected chi connectivity index (χ1v) is 44.4. The van der Waals surface area contributed by atoms with E-state index in [1.807, 2.05) is 0 Å². The molecule has 0 fully saturated rings. The predicted molar refractivity (Wildman–Crippen MR) is 405 cm³/mol. The first-order valence-electron chi connectivity index (χ1n) is 41.4. The molecule has 0 amide bonds. The molecule has 0 aliphatic heterocycles. The summed E-state index contributed by atoms with van der Waals surface area (Å²) in [5.41, 5.74) is 0. The minimum atomic E-state index is -4.96. The second kappa shape index (κ2) is 70.4. The van der Waals surface area contributed by atoms with Gasteiger partial charge in [0.2, 0.25) is 0 Å². The van der Waals surface area contributed by atoms with Crippen molar-refractivity contribution >= 4 is 39.5 Å². The molecule has 0 heterocycles. The number of phosphoric acid groups is 2. The standard InChI is InChI=1S/C80H156O17P2/c1-8-11-12-13-14-15-16-17-25-28-31-40-47-54-61-77(82)90-67-75(96-79(84)63-56-49-42-32-29-26-23-21-19-18-20-22-24-27-30-37-44-51-58-71(4)5)69-94-98(86,87)92-65-74(81)66-93-99(88,89)95-70-76(97-80(85)64-57-50-43-36-34-39-46-53-60-73(7)10-3)68-91-78(83)62-55-48-41-35-33-38-45-52-59-72(6)9-2/h71-76,81H,8-70H2,1-7H3,(H,86,87)(H,88,89)/t72?,73?,74-,75-,76-/m1/s1. The van der Waals surface area contributed by atoms with Gasteiger partial charge in [0.15, 0.2) is 12.2 Å². The van der Waals surface area contributed by atoms with Crippen LogP contribution in [0, 0.1) is 17.8 Å². The van der Waals surface area contributed by atoms with Crippen LogP contribution in [0.2, 0.25) is 0 Å². The fraction of sp³-hybridized carbons (Fsp3) is 0.950. The molecule has 19 heteroatoms. The molecule has 0 spiro atoms. The number of hydrogen-bond acceptors (Lipinski definition) is 15. The Labute approximate surface area is 607 Å². The Balaban J connectivity index is 5.23. The zero-order chi connectivity index (χ0) is 73.0. The lowest BCUT2D eigenvalue weighted by Crippen LogP contribution is -2.30. The van der Waals surface area contributed by atoms with Gasteiger partial charge in [0, 0.05) is 25.7 Å². The first-order chi connectivity index (χ1) is 47.8. The molecule has 4 unspecified atom stereocenters. The molecule has 99 heavy (non-hydrogen) atoms. The van der Waals surface area contributed by atoms with E-state index >= 15 is 0 Å². The molecule has 0 aliphatic rings. The summed E-state index contributed by atoms with van der Waals surface area (Å²) in [4.78, 5) is 73.0. The average molecular weight is 1450 g/mol. The maximum atomic E-state index is 13.1. The molecule has 588 valence electrons. The van der Waals surface area contributed by atoms with Gasteiger partial charge in [-0.15, -0.1) is 0 Å². The van der Waals surface area contributed by atoms with Gasteiger partial charge >= 0.3 is 39.5 Å². The van der Waals surface area contributed by atoms with Crippen LogP contribution in [-0.2, 0) is 65.4 Å². The number of aliphatic hydroxyl groups excluding tert-OH is 1. The summed E-state index contributed by atoms with van der Waals surface area (Å²) in [6, 6.07) is 0. The maximum absolute atomic E-state index is 13.1. The first kappa shape index (κ1) is 97.1. The number of esters is 4. The molecular formula is C80H156O17P2. The van der Waals surface area contributed by atoms with E-state index in [1.54, 1.807) is 0 Å². The van der Waals surface area contributed by atoms with Crippen molar-refractivity contribution in [3.8, 4) is 0 Å². The number of hydrogen-bond donors (Lipinski definition) is 3. The smallest absolute Gasteiger partial charge is 0.462 e. The van der Waals surface area contributed by atoms with Crippen LogP contribution in [0.25, 0.3) is 0 Å². The minimum Gasteiger partial charge on any atom is -0.462 e. The molecular weight excluding hydrogens is 1290 g/mol. The van der Waals surface area contributed by atoms with Crippen molar-refractivity contribution in [3.05, 3.63) is 0 Å². The van der Waals surface area contributed by atoms with Crippen molar-refractivity contribution < 1.29 is 80.2 Å². The highest BCUT2D eigenvalue weighted by atomic mass is 31.2. The van der Waals surface area contributed by atoms with Gasteiger partial charge in [0.25, 0.3) is 0 Å². The topological polar surface area (TPSA) is 237 Å². The van der Waals surface area contributed by atoms with Gasteiger partial charge in [-0.3, -0.25) is 37.3 Å². The van der Waals surface area contributed by atoms with Gasteiger partial charge in [-0.2, -0.15) is 0 Å². The van der Waals surface area contributed by atoms with Crippen LogP contribution in [-0.4, -0.2) is 96.7 Å². The Bertz CT molecular complexity index is 1930. The highest BCUT2D eigenvalue weighted by Gasteiger charge is 2.30. The molecule has 7 atom stereocenters. The molecule has 0 aromatic rings. The highest BCUT2D eigenvalue weighted by molar-refractivity contribution is 7.47. The van der Waals surface area contributed by atoms with E-state index in [9.17, 15) is 43.2 Å². The normalized spacial score (nSPS) is 14.5. The number of carbonyl (C=O) groups excluding carboxylic acids is 4. The van der Waals surface area contributed by atoms with Crippen LogP contribution in [0.5, 0.6) is 0 Å². The third kappa shape index (κ3) is 71.5. The van der Waals surface area contributed by atoms with Crippen LogP contribution in [0.3, 0.4) is 0 Å². The number of unbranched alkanes of at least 4 members (excludes halogenated alkanes) is 44. The Kier molecular flexibility index (Phi) is 69.0. The van der Waals surface area contributed by atoms with Crippen molar-refractivity contribution in [2.75, 3.05) is 39.6 Å². The van der Waals surface area contributed by atoms with Gasteiger partial charge in [-0.25, -0.2) is 9.13 Å². The van der Waals surface area contributed by atoms with Crippen LogP contribution < -0.4 is 0 Å². The Morgan fingerprint density at radius 1 is 0.293 bits per heavy atom. The minimum absolute atomic E-state index is 0.105. The second-order valence-corrected chi connectivity index (χ2v) is 32.7. The van der Waals surface area contributed by atoms with Gasteiger partial charge in [-0.1, -0.05) is 363 Å². The molecule has 0 rings (SSSR count). The number of ether oxygens (including phenoxy) is 4. The Hall–Kier alpha value is -1.94. The van der Waals surface area contributed by atoms with Crippen LogP contribution in [0.15, 0.2) is 0 Å². The average Bonchev–Trinajstić information content (AvgIpc) is 0.940. The summed E-state index contributed by atoms with van der Waals surface area (Å²) in [7, 11) is -9.92. The Morgan fingerprint density at radius 3 is 0.768 bits per heavy atom. The monoisotopic (exact) mass is 1450 g/mol. The van der Waals surface area contributed by atoms with Crippen molar-refractivity contribution in [2.45, 2.75) is 433 Å². The Morgan fingerprint density at radius 2 is 0.515 bits per heavy atom. The van der Waals surface area contributed by atoms with E-state index in [0.717, 1.165) is 108 Å². The summed E-state index contributed by atoms with van der Waals surface area (Å²) in [6.45, 7) is 12.0. The van der Waals surface area contributed by atoms with Crippen molar-refractivity contribution in [3.63, 3.8) is 0 Å². The van der Waals surface area contributed by atoms with E-state index < -0.39 is 97.5 Å².